The first kappa shape index (κ1) is 14.5. The van der Waals surface area contributed by atoms with Gasteiger partial charge in [0.2, 0.25) is 0 Å². The fourth-order valence-electron chi connectivity index (χ4n) is 2.09. The van der Waals surface area contributed by atoms with Gasteiger partial charge in [-0.05, 0) is 37.8 Å². The number of hydrogen-bond acceptors (Lipinski definition) is 5. The summed E-state index contributed by atoms with van der Waals surface area (Å²) in [6, 6.07) is 1.84. The molecule has 2 heterocycles. The van der Waals surface area contributed by atoms with Crippen LogP contribution in [0.25, 0.3) is 0 Å². The van der Waals surface area contributed by atoms with Crippen molar-refractivity contribution < 1.29 is 14.3 Å². The Balaban J connectivity index is 1.82. The number of amides is 1. The molecule has 1 aliphatic heterocycles. The molecule has 0 aliphatic carbocycles. The first-order chi connectivity index (χ1) is 9.20. The SMILES string of the molecule is Cc1sc(C(=O)NN)cc1COCC1CCCCO1. The molecular weight excluding hydrogens is 264 g/mol. The van der Waals surface area contributed by atoms with E-state index in [-0.39, 0.29) is 12.0 Å². The highest BCUT2D eigenvalue weighted by Gasteiger charge is 2.15. The molecule has 1 amide bonds. The first-order valence-corrected chi connectivity index (χ1v) is 7.32. The number of hydrogen-bond donors (Lipinski definition) is 2. The minimum absolute atomic E-state index is 0.222. The van der Waals surface area contributed by atoms with Gasteiger partial charge in [-0.25, -0.2) is 5.84 Å². The van der Waals surface area contributed by atoms with Gasteiger partial charge in [-0.2, -0.15) is 0 Å². The van der Waals surface area contributed by atoms with Gasteiger partial charge in [0.1, 0.15) is 0 Å². The standard InChI is InChI=1S/C13H20N2O3S/c1-9-10(6-12(19-9)13(16)15-14)7-17-8-11-4-2-3-5-18-11/h6,11H,2-5,7-8,14H2,1H3,(H,15,16). The fraction of sp³-hybridized carbons (Fsp3) is 0.615. The number of carbonyl (C=O) groups is 1. The largest absolute Gasteiger partial charge is 0.376 e. The van der Waals surface area contributed by atoms with E-state index in [1.165, 1.54) is 17.8 Å². The number of rotatable bonds is 5. The third-order valence-electron chi connectivity index (χ3n) is 3.21. The smallest absolute Gasteiger partial charge is 0.275 e. The zero-order valence-corrected chi connectivity index (χ0v) is 11.9. The van der Waals surface area contributed by atoms with Crippen LogP contribution in [0.5, 0.6) is 0 Å². The number of hydrazine groups is 1. The molecule has 0 aromatic carbocycles. The number of carbonyl (C=O) groups excluding carboxylic acids is 1. The van der Waals surface area contributed by atoms with E-state index in [2.05, 4.69) is 5.43 Å². The van der Waals surface area contributed by atoms with Crippen LogP contribution in [0.4, 0.5) is 0 Å². The van der Waals surface area contributed by atoms with Crippen LogP contribution in [0, 0.1) is 6.92 Å². The van der Waals surface area contributed by atoms with Crippen LogP contribution in [-0.2, 0) is 16.1 Å². The van der Waals surface area contributed by atoms with Crippen molar-refractivity contribution in [2.24, 2.45) is 5.84 Å². The molecule has 6 heteroatoms. The van der Waals surface area contributed by atoms with Crippen LogP contribution < -0.4 is 11.3 Å². The van der Waals surface area contributed by atoms with E-state index >= 15 is 0 Å². The molecule has 19 heavy (non-hydrogen) atoms. The van der Waals surface area contributed by atoms with Crippen LogP contribution in [0.15, 0.2) is 6.07 Å². The van der Waals surface area contributed by atoms with Crippen molar-refractivity contribution in [3.63, 3.8) is 0 Å². The number of nitrogens with two attached hydrogens (primary N) is 1. The maximum Gasteiger partial charge on any atom is 0.275 e. The van der Waals surface area contributed by atoms with Crippen molar-refractivity contribution in [2.45, 2.75) is 38.9 Å². The second-order valence-corrected chi connectivity index (χ2v) is 5.93. The van der Waals surface area contributed by atoms with Crippen LogP contribution in [0.1, 0.15) is 39.4 Å². The molecule has 0 spiro atoms. The highest BCUT2D eigenvalue weighted by Crippen LogP contribution is 2.22. The summed E-state index contributed by atoms with van der Waals surface area (Å²) in [4.78, 5) is 13.1. The zero-order chi connectivity index (χ0) is 13.7. The molecule has 5 nitrogen and oxygen atoms in total. The summed E-state index contributed by atoms with van der Waals surface area (Å²) in [6.07, 6.45) is 3.66. The summed E-state index contributed by atoms with van der Waals surface area (Å²) in [7, 11) is 0. The molecule has 0 radical (unpaired) electrons. The number of nitrogen functional groups attached to an aromatic ring is 1. The van der Waals surface area contributed by atoms with Crippen LogP contribution >= 0.6 is 11.3 Å². The second kappa shape index (κ2) is 7.00. The lowest BCUT2D eigenvalue weighted by Gasteiger charge is -2.22. The molecule has 1 fully saturated rings. The predicted octanol–water partition coefficient (Wildman–Crippen LogP) is 1.75. The van der Waals surface area contributed by atoms with Gasteiger partial charge in [-0.15, -0.1) is 11.3 Å². The lowest BCUT2D eigenvalue weighted by Crippen LogP contribution is -2.29. The van der Waals surface area contributed by atoms with E-state index in [9.17, 15) is 4.79 Å². The molecule has 1 saturated heterocycles. The van der Waals surface area contributed by atoms with Gasteiger partial charge >= 0.3 is 0 Å². The summed E-state index contributed by atoms with van der Waals surface area (Å²) in [6.45, 7) is 3.95. The molecule has 1 atom stereocenters. The number of ether oxygens (including phenoxy) is 2. The minimum Gasteiger partial charge on any atom is -0.376 e. The summed E-state index contributed by atoms with van der Waals surface area (Å²) >= 11 is 1.43. The van der Waals surface area contributed by atoms with E-state index in [0.29, 0.717) is 18.1 Å². The highest BCUT2D eigenvalue weighted by atomic mass is 32.1. The van der Waals surface area contributed by atoms with Gasteiger partial charge in [0.05, 0.1) is 24.2 Å². The summed E-state index contributed by atoms with van der Waals surface area (Å²) in [5, 5.41) is 0. The van der Waals surface area contributed by atoms with Crippen LogP contribution in [0.2, 0.25) is 0 Å². The third-order valence-corrected chi connectivity index (χ3v) is 4.30. The summed E-state index contributed by atoms with van der Waals surface area (Å²) < 4.78 is 11.3. The molecule has 0 saturated carbocycles. The van der Waals surface area contributed by atoms with Crippen LogP contribution in [0.3, 0.4) is 0 Å². The minimum atomic E-state index is -0.255. The molecule has 1 aromatic rings. The van der Waals surface area contributed by atoms with E-state index in [4.69, 9.17) is 15.3 Å². The molecule has 1 unspecified atom stereocenters. The fourth-order valence-corrected chi connectivity index (χ4v) is 3.02. The molecule has 0 bridgehead atoms. The van der Waals surface area contributed by atoms with Crippen molar-refractivity contribution in [1.82, 2.24) is 5.43 Å². The number of thiophene rings is 1. The molecule has 1 aromatic heterocycles. The van der Waals surface area contributed by atoms with Crippen molar-refractivity contribution in [3.05, 3.63) is 21.4 Å². The quantitative estimate of drug-likeness (QED) is 0.491. The maximum atomic E-state index is 11.4. The molecule has 106 valence electrons. The van der Waals surface area contributed by atoms with E-state index in [1.54, 1.807) is 0 Å². The lowest BCUT2D eigenvalue weighted by atomic mass is 10.1. The predicted molar refractivity (Wildman–Crippen MR) is 74.0 cm³/mol. The Morgan fingerprint density at radius 1 is 1.63 bits per heavy atom. The average Bonchev–Trinajstić information content (AvgIpc) is 2.81. The van der Waals surface area contributed by atoms with Crippen molar-refractivity contribution >= 4 is 17.2 Å². The third kappa shape index (κ3) is 4.01. The highest BCUT2D eigenvalue weighted by molar-refractivity contribution is 7.14. The van der Waals surface area contributed by atoms with E-state index < -0.39 is 0 Å². The zero-order valence-electron chi connectivity index (χ0n) is 11.1. The van der Waals surface area contributed by atoms with Gasteiger partial charge in [0.25, 0.3) is 5.91 Å². The Bertz CT molecular complexity index is 428. The van der Waals surface area contributed by atoms with E-state index in [0.717, 1.165) is 29.9 Å². The summed E-state index contributed by atoms with van der Waals surface area (Å²) in [5.41, 5.74) is 3.18. The Hall–Kier alpha value is -0.950. The molecular formula is C13H20N2O3S. The second-order valence-electron chi connectivity index (χ2n) is 4.67. The Morgan fingerprint density at radius 2 is 2.47 bits per heavy atom. The van der Waals surface area contributed by atoms with E-state index in [1.807, 2.05) is 13.0 Å². The van der Waals surface area contributed by atoms with Crippen molar-refractivity contribution in [1.29, 1.82) is 0 Å². The van der Waals surface area contributed by atoms with Gasteiger partial charge < -0.3 is 9.47 Å². The first-order valence-electron chi connectivity index (χ1n) is 6.50. The Labute approximate surface area is 117 Å². The van der Waals surface area contributed by atoms with Gasteiger partial charge in [-0.1, -0.05) is 0 Å². The monoisotopic (exact) mass is 284 g/mol. The summed E-state index contributed by atoms with van der Waals surface area (Å²) in [5.74, 6) is 4.87. The number of nitrogens with one attached hydrogen (secondary N) is 1. The lowest BCUT2D eigenvalue weighted by molar-refractivity contribution is -0.0447. The topological polar surface area (TPSA) is 73.6 Å². The Morgan fingerprint density at radius 3 is 3.16 bits per heavy atom. The molecule has 3 N–H and O–H groups in total. The number of aryl methyl sites for hydroxylation is 1. The van der Waals surface area contributed by atoms with Crippen LogP contribution in [-0.4, -0.2) is 25.2 Å². The van der Waals surface area contributed by atoms with Gasteiger partial charge in [0, 0.05) is 11.5 Å². The maximum absolute atomic E-state index is 11.4. The average molecular weight is 284 g/mol. The normalized spacial score (nSPS) is 19.4. The molecule has 2 rings (SSSR count). The van der Waals surface area contributed by atoms with Crippen molar-refractivity contribution in [2.75, 3.05) is 13.2 Å². The Kier molecular flexibility index (Phi) is 5.33. The molecule has 1 aliphatic rings. The van der Waals surface area contributed by atoms with Gasteiger partial charge in [-0.3, -0.25) is 10.2 Å². The van der Waals surface area contributed by atoms with Crippen molar-refractivity contribution in [3.8, 4) is 0 Å². The van der Waals surface area contributed by atoms with Gasteiger partial charge in [0.15, 0.2) is 0 Å².